The highest BCUT2D eigenvalue weighted by Crippen LogP contribution is 2.13. The molecule has 0 fully saturated rings. The molecule has 0 spiro atoms. The molecule has 140 valence electrons. The first-order chi connectivity index (χ1) is 13.7. The van der Waals surface area contributed by atoms with Crippen molar-refractivity contribution in [2.75, 3.05) is 6.54 Å². The van der Waals surface area contributed by atoms with Gasteiger partial charge in [0.1, 0.15) is 11.4 Å². The highest BCUT2D eigenvalue weighted by molar-refractivity contribution is 5.93. The fraction of sp³-hybridized carbons (Fsp3) is 0.150. The maximum atomic E-state index is 12.3. The van der Waals surface area contributed by atoms with Crippen LogP contribution in [0.25, 0.3) is 22.3 Å². The summed E-state index contributed by atoms with van der Waals surface area (Å²) in [4.78, 5) is 35.3. The number of carbonyl (C=O) groups is 1. The number of fused-ring (bicyclic) bond motifs is 1. The number of para-hydroxylation sites is 1. The molecular formula is C20H18N6O2. The van der Waals surface area contributed by atoms with Gasteiger partial charge in [0.2, 0.25) is 0 Å². The zero-order valence-electron chi connectivity index (χ0n) is 15.0. The summed E-state index contributed by atoms with van der Waals surface area (Å²) >= 11 is 0. The standard InChI is InChI=1S/C20H18N6O2/c27-19(16-13-23-18(25-20(16)28)15-6-3-8-21-11-15)22-9-4-10-26-17-7-2-1-5-14(17)12-24-26/h1-3,5-8,11-13H,4,9-10H2,(H,22,27)(H,23,25,28). The number of carbonyl (C=O) groups excluding carboxylic acids is 1. The smallest absolute Gasteiger partial charge is 0.264 e. The average molecular weight is 374 g/mol. The summed E-state index contributed by atoms with van der Waals surface area (Å²) in [5.74, 6) is -0.0722. The third-order valence-corrected chi connectivity index (χ3v) is 4.36. The van der Waals surface area contributed by atoms with Gasteiger partial charge in [-0.1, -0.05) is 18.2 Å². The van der Waals surface area contributed by atoms with Gasteiger partial charge in [0.25, 0.3) is 11.5 Å². The molecular weight excluding hydrogens is 356 g/mol. The molecule has 0 aliphatic heterocycles. The van der Waals surface area contributed by atoms with Crippen LogP contribution >= 0.6 is 0 Å². The summed E-state index contributed by atoms with van der Waals surface area (Å²) in [7, 11) is 0. The van der Waals surface area contributed by atoms with Gasteiger partial charge >= 0.3 is 0 Å². The Labute approximate surface area is 160 Å². The summed E-state index contributed by atoms with van der Waals surface area (Å²) in [6.45, 7) is 1.10. The Bertz CT molecular complexity index is 1170. The highest BCUT2D eigenvalue weighted by atomic mass is 16.2. The van der Waals surface area contributed by atoms with Crippen LogP contribution in [0.15, 0.2) is 66.0 Å². The second-order valence-corrected chi connectivity index (χ2v) is 6.25. The number of benzene rings is 1. The Hall–Kier alpha value is -3.81. The van der Waals surface area contributed by atoms with Gasteiger partial charge in [0.15, 0.2) is 0 Å². The molecule has 0 bridgehead atoms. The van der Waals surface area contributed by atoms with Crippen molar-refractivity contribution in [2.45, 2.75) is 13.0 Å². The molecule has 8 nitrogen and oxygen atoms in total. The molecule has 0 saturated carbocycles. The Kier molecular flexibility index (Phi) is 4.92. The van der Waals surface area contributed by atoms with Crippen LogP contribution in [0.5, 0.6) is 0 Å². The van der Waals surface area contributed by atoms with E-state index in [4.69, 9.17) is 0 Å². The van der Waals surface area contributed by atoms with E-state index in [0.29, 0.717) is 30.9 Å². The second kappa shape index (κ2) is 7.83. The van der Waals surface area contributed by atoms with Gasteiger partial charge < -0.3 is 10.3 Å². The lowest BCUT2D eigenvalue weighted by Crippen LogP contribution is -2.31. The van der Waals surface area contributed by atoms with E-state index >= 15 is 0 Å². The number of nitrogens with zero attached hydrogens (tertiary/aromatic N) is 4. The van der Waals surface area contributed by atoms with Crippen molar-refractivity contribution < 1.29 is 4.79 Å². The van der Waals surface area contributed by atoms with Crippen LogP contribution in [0.1, 0.15) is 16.8 Å². The van der Waals surface area contributed by atoms with E-state index in [0.717, 1.165) is 10.9 Å². The first-order valence-corrected chi connectivity index (χ1v) is 8.91. The van der Waals surface area contributed by atoms with Gasteiger partial charge in [-0.3, -0.25) is 19.3 Å². The molecule has 3 heterocycles. The normalized spacial score (nSPS) is 10.9. The number of hydrogen-bond donors (Lipinski definition) is 2. The van der Waals surface area contributed by atoms with Gasteiger partial charge in [-0.15, -0.1) is 0 Å². The van der Waals surface area contributed by atoms with Crippen LogP contribution in [-0.4, -0.2) is 37.2 Å². The summed E-state index contributed by atoms with van der Waals surface area (Å²) in [5.41, 5.74) is 1.24. The number of aryl methyl sites for hydroxylation is 1. The monoisotopic (exact) mass is 374 g/mol. The molecule has 0 atom stereocenters. The summed E-state index contributed by atoms with van der Waals surface area (Å²) in [6, 6.07) is 11.5. The lowest BCUT2D eigenvalue weighted by molar-refractivity contribution is 0.0950. The topological polar surface area (TPSA) is 106 Å². The predicted molar refractivity (Wildman–Crippen MR) is 105 cm³/mol. The maximum absolute atomic E-state index is 12.3. The molecule has 0 aliphatic rings. The van der Waals surface area contributed by atoms with Crippen LogP contribution in [0.3, 0.4) is 0 Å². The van der Waals surface area contributed by atoms with Crippen LogP contribution in [0.2, 0.25) is 0 Å². The number of hydrogen-bond acceptors (Lipinski definition) is 5. The van der Waals surface area contributed by atoms with E-state index < -0.39 is 11.5 Å². The molecule has 0 saturated heterocycles. The Morgan fingerprint density at radius 3 is 2.82 bits per heavy atom. The Balaban J connectivity index is 1.35. The second-order valence-electron chi connectivity index (χ2n) is 6.25. The van der Waals surface area contributed by atoms with Crippen molar-refractivity contribution in [3.8, 4) is 11.4 Å². The number of rotatable bonds is 6. The maximum Gasteiger partial charge on any atom is 0.264 e. The number of aromatic amines is 1. The number of aromatic nitrogens is 5. The minimum atomic E-state index is -0.482. The zero-order valence-corrected chi connectivity index (χ0v) is 15.0. The van der Waals surface area contributed by atoms with Crippen LogP contribution in [0.4, 0.5) is 0 Å². The van der Waals surface area contributed by atoms with Gasteiger partial charge in [-0.05, 0) is 24.6 Å². The number of H-pyrrole nitrogens is 1. The zero-order chi connectivity index (χ0) is 19.3. The molecule has 1 aromatic carbocycles. The lowest BCUT2D eigenvalue weighted by Gasteiger charge is -2.06. The van der Waals surface area contributed by atoms with Crippen LogP contribution < -0.4 is 10.9 Å². The van der Waals surface area contributed by atoms with Gasteiger partial charge in [-0.2, -0.15) is 5.10 Å². The molecule has 4 aromatic rings. The Morgan fingerprint density at radius 2 is 2.00 bits per heavy atom. The fourth-order valence-electron chi connectivity index (χ4n) is 2.94. The molecule has 4 rings (SSSR count). The minimum absolute atomic E-state index is 0.0165. The third kappa shape index (κ3) is 3.66. The number of pyridine rings is 1. The summed E-state index contributed by atoms with van der Waals surface area (Å²) in [6.07, 6.45) is 7.03. The first-order valence-electron chi connectivity index (χ1n) is 8.91. The third-order valence-electron chi connectivity index (χ3n) is 4.36. The molecule has 28 heavy (non-hydrogen) atoms. The minimum Gasteiger partial charge on any atom is -0.352 e. The van der Waals surface area contributed by atoms with Crippen molar-refractivity contribution in [3.63, 3.8) is 0 Å². The SMILES string of the molecule is O=C(NCCCn1ncc2ccccc21)c1cnc(-c2cccnc2)[nH]c1=O. The fourth-order valence-corrected chi connectivity index (χ4v) is 2.94. The Morgan fingerprint density at radius 1 is 1.11 bits per heavy atom. The molecule has 2 N–H and O–H groups in total. The van der Waals surface area contributed by atoms with Crippen molar-refractivity contribution in [3.05, 3.63) is 77.1 Å². The van der Waals surface area contributed by atoms with Crippen molar-refractivity contribution in [1.29, 1.82) is 0 Å². The highest BCUT2D eigenvalue weighted by Gasteiger charge is 2.12. The molecule has 0 radical (unpaired) electrons. The molecule has 0 aliphatic carbocycles. The van der Waals surface area contributed by atoms with Gasteiger partial charge in [0.05, 0.1) is 11.7 Å². The molecule has 8 heteroatoms. The summed E-state index contributed by atoms with van der Waals surface area (Å²) in [5, 5.41) is 8.20. The van der Waals surface area contributed by atoms with E-state index in [2.05, 4.69) is 25.4 Å². The van der Waals surface area contributed by atoms with Crippen molar-refractivity contribution in [1.82, 2.24) is 30.0 Å². The average Bonchev–Trinajstić information content (AvgIpc) is 3.15. The van der Waals surface area contributed by atoms with E-state index in [1.54, 1.807) is 24.5 Å². The largest absolute Gasteiger partial charge is 0.352 e. The number of amides is 1. The molecule has 3 aromatic heterocycles. The van der Waals surface area contributed by atoms with Crippen molar-refractivity contribution in [2.24, 2.45) is 0 Å². The van der Waals surface area contributed by atoms with Crippen LogP contribution in [-0.2, 0) is 6.54 Å². The van der Waals surface area contributed by atoms with E-state index in [9.17, 15) is 9.59 Å². The van der Waals surface area contributed by atoms with Gasteiger partial charge in [0, 0.05) is 42.6 Å². The van der Waals surface area contributed by atoms with Crippen LogP contribution in [0, 0.1) is 0 Å². The number of nitrogens with one attached hydrogen (secondary N) is 2. The quantitative estimate of drug-likeness (QED) is 0.502. The lowest BCUT2D eigenvalue weighted by atomic mass is 10.2. The van der Waals surface area contributed by atoms with E-state index in [-0.39, 0.29) is 5.56 Å². The summed E-state index contributed by atoms with van der Waals surface area (Å²) < 4.78 is 1.90. The van der Waals surface area contributed by atoms with Crippen molar-refractivity contribution >= 4 is 16.8 Å². The van der Waals surface area contributed by atoms with E-state index in [1.807, 2.05) is 35.1 Å². The van der Waals surface area contributed by atoms with E-state index in [1.165, 1.54) is 6.20 Å². The first kappa shape index (κ1) is 17.6. The molecule has 1 amide bonds. The van der Waals surface area contributed by atoms with Gasteiger partial charge in [-0.25, -0.2) is 4.98 Å². The molecule has 0 unspecified atom stereocenters. The predicted octanol–water partition coefficient (Wildman–Crippen LogP) is 2.00.